The normalized spacial score (nSPS) is 25.2. The second-order valence-corrected chi connectivity index (χ2v) is 7.49. The zero-order valence-corrected chi connectivity index (χ0v) is 15.7. The van der Waals surface area contributed by atoms with Crippen LogP contribution in [0.25, 0.3) is 0 Å². The molecule has 1 aromatic heterocycles. The van der Waals surface area contributed by atoms with Crippen LogP contribution >= 0.6 is 0 Å². The highest BCUT2D eigenvalue weighted by Gasteiger charge is 2.60. The van der Waals surface area contributed by atoms with Crippen molar-refractivity contribution in [3.05, 3.63) is 22.5 Å². The molecule has 1 fully saturated rings. The first kappa shape index (κ1) is 18.5. The summed E-state index contributed by atoms with van der Waals surface area (Å²) in [6.07, 6.45) is 1.35. The monoisotopic (exact) mass is 335 g/mol. The van der Waals surface area contributed by atoms with E-state index in [1.165, 1.54) is 0 Å². The van der Waals surface area contributed by atoms with E-state index in [4.69, 9.17) is 10.5 Å². The van der Waals surface area contributed by atoms with Crippen molar-refractivity contribution in [2.45, 2.75) is 59.1 Å². The number of H-pyrrole nitrogens is 1. The highest BCUT2D eigenvalue weighted by atomic mass is 16.5. The van der Waals surface area contributed by atoms with Gasteiger partial charge in [-0.25, -0.2) is 0 Å². The van der Waals surface area contributed by atoms with Crippen molar-refractivity contribution in [1.82, 2.24) is 9.88 Å². The minimum Gasteiger partial charge on any atom is -0.378 e. The van der Waals surface area contributed by atoms with Gasteiger partial charge in [-0.2, -0.15) is 0 Å². The molecule has 6 heteroatoms. The van der Waals surface area contributed by atoms with Crippen LogP contribution in [-0.2, 0) is 11.2 Å². The van der Waals surface area contributed by atoms with Crippen LogP contribution in [0, 0.1) is 12.3 Å². The Morgan fingerprint density at radius 2 is 1.96 bits per heavy atom. The molecule has 1 aliphatic carbocycles. The first-order valence-corrected chi connectivity index (χ1v) is 8.35. The number of ether oxygens (including phenoxy) is 1. The third-order valence-electron chi connectivity index (χ3n) is 6.12. The minimum atomic E-state index is -0.502. The number of amides is 2. The number of rotatable bonds is 5. The van der Waals surface area contributed by atoms with Gasteiger partial charge in [-0.1, -0.05) is 20.8 Å². The third-order valence-corrected chi connectivity index (χ3v) is 6.12. The summed E-state index contributed by atoms with van der Waals surface area (Å²) >= 11 is 0. The van der Waals surface area contributed by atoms with Gasteiger partial charge in [-0.3, -0.25) is 9.59 Å². The number of carbonyl (C=O) groups is 2. The van der Waals surface area contributed by atoms with E-state index in [-0.39, 0.29) is 23.0 Å². The molecule has 3 N–H and O–H groups in total. The maximum atomic E-state index is 13.0. The summed E-state index contributed by atoms with van der Waals surface area (Å²) in [5.74, 6) is -0.614. The van der Waals surface area contributed by atoms with Gasteiger partial charge in [0, 0.05) is 31.3 Å². The number of primary amides is 1. The third kappa shape index (κ3) is 2.44. The van der Waals surface area contributed by atoms with E-state index in [2.05, 4.69) is 25.8 Å². The standard InChI is InChI=1S/C18H29N3O3/c1-8-11-13(15(19)22)10(2)20-14(11)16(23)21(6)12-9-18(5,24-7)17(12,3)4/h12,20H,8-9H2,1-7H3,(H2,19,22). The van der Waals surface area contributed by atoms with E-state index in [1.807, 2.05) is 14.0 Å². The number of hydrogen-bond acceptors (Lipinski definition) is 3. The number of nitrogens with zero attached hydrogens (tertiary/aromatic N) is 1. The minimum absolute atomic E-state index is 0.0697. The number of hydrogen-bond donors (Lipinski definition) is 2. The number of carbonyl (C=O) groups excluding carboxylic acids is 2. The Bertz CT molecular complexity index is 677. The molecule has 2 rings (SSSR count). The molecule has 0 bridgehead atoms. The summed E-state index contributed by atoms with van der Waals surface area (Å²) < 4.78 is 5.65. The average molecular weight is 335 g/mol. The lowest BCUT2D eigenvalue weighted by molar-refractivity contribution is -0.198. The second kappa shape index (κ2) is 5.92. The summed E-state index contributed by atoms with van der Waals surface area (Å²) in [6.45, 7) is 9.99. The molecule has 1 saturated carbocycles. The van der Waals surface area contributed by atoms with Crippen LogP contribution in [0.3, 0.4) is 0 Å². The van der Waals surface area contributed by atoms with Gasteiger partial charge in [0.2, 0.25) is 0 Å². The Labute approximate surface area is 143 Å². The molecule has 0 spiro atoms. The van der Waals surface area contributed by atoms with Gasteiger partial charge in [0.25, 0.3) is 11.8 Å². The molecule has 24 heavy (non-hydrogen) atoms. The molecule has 2 atom stereocenters. The number of aryl methyl sites for hydroxylation is 1. The van der Waals surface area contributed by atoms with Gasteiger partial charge in [0.1, 0.15) is 5.69 Å². The smallest absolute Gasteiger partial charge is 0.270 e. The zero-order chi connectivity index (χ0) is 18.4. The molecule has 0 aromatic carbocycles. The SMILES string of the molecule is CCc1c(C(=O)N(C)C2CC(C)(OC)C2(C)C)[nH]c(C)c1C(N)=O. The fourth-order valence-electron chi connectivity index (χ4n) is 3.94. The largest absolute Gasteiger partial charge is 0.378 e. The second-order valence-electron chi connectivity index (χ2n) is 7.49. The van der Waals surface area contributed by atoms with Crippen molar-refractivity contribution < 1.29 is 14.3 Å². The van der Waals surface area contributed by atoms with E-state index >= 15 is 0 Å². The molecule has 1 heterocycles. The van der Waals surface area contributed by atoms with Crippen molar-refractivity contribution in [2.24, 2.45) is 11.1 Å². The number of methoxy groups -OCH3 is 1. The average Bonchev–Trinajstić information content (AvgIpc) is 2.87. The summed E-state index contributed by atoms with van der Waals surface area (Å²) in [5, 5.41) is 0. The lowest BCUT2D eigenvalue weighted by Gasteiger charge is -2.61. The fraction of sp³-hybridized carbons (Fsp3) is 0.667. The molecule has 2 unspecified atom stereocenters. The number of nitrogens with two attached hydrogens (primary N) is 1. The van der Waals surface area contributed by atoms with Crippen molar-refractivity contribution >= 4 is 11.8 Å². The molecule has 1 aromatic rings. The maximum Gasteiger partial charge on any atom is 0.270 e. The summed E-state index contributed by atoms with van der Waals surface area (Å²) in [6, 6.07) is 0.0697. The summed E-state index contributed by atoms with van der Waals surface area (Å²) in [7, 11) is 3.52. The first-order chi connectivity index (χ1) is 11.0. The van der Waals surface area contributed by atoms with Crippen molar-refractivity contribution in [3.8, 4) is 0 Å². The molecule has 2 amide bonds. The van der Waals surface area contributed by atoms with E-state index < -0.39 is 5.91 Å². The van der Waals surface area contributed by atoms with Gasteiger partial charge >= 0.3 is 0 Å². The van der Waals surface area contributed by atoms with Gasteiger partial charge in [0.15, 0.2) is 0 Å². The van der Waals surface area contributed by atoms with E-state index in [0.29, 0.717) is 28.9 Å². The Kier molecular flexibility index (Phi) is 4.57. The topological polar surface area (TPSA) is 88.4 Å². The quantitative estimate of drug-likeness (QED) is 0.865. The molecule has 0 saturated heterocycles. The molecule has 134 valence electrons. The Morgan fingerprint density at radius 1 is 1.38 bits per heavy atom. The lowest BCUT2D eigenvalue weighted by atomic mass is 9.55. The fourth-order valence-corrected chi connectivity index (χ4v) is 3.94. The predicted octanol–water partition coefficient (Wildman–Crippen LogP) is 2.26. The Hall–Kier alpha value is -1.82. The van der Waals surface area contributed by atoms with Crippen molar-refractivity contribution in [2.75, 3.05) is 14.2 Å². The van der Waals surface area contributed by atoms with E-state index in [9.17, 15) is 9.59 Å². The van der Waals surface area contributed by atoms with Crippen LogP contribution in [0.2, 0.25) is 0 Å². The molecular formula is C18H29N3O3. The highest BCUT2D eigenvalue weighted by Crippen LogP contribution is 2.53. The number of aromatic amines is 1. The lowest BCUT2D eigenvalue weighted by Crippen LogP contribution is -2.68. The van der Waals surface area contributed by atoms with Crippen LogP contribution in [0.15, 0.2) is 0 Å². The van der Waals surface area contributed by atoms with E-state index in [0.717, 1.165) is 6.42 Å². The van der Waals surface area contributed by atoms with E-state index in [1.54, 1.807) is 18.9 Å². The maximum absolute atomic E-state index is 13.0. The van der Waals surface area contributed by atoms with Crippen LogP contribution in [0.4, 0.5) is 0 Å². The van der Waals surface area contributed by atoms with Gasteiger partial charge in [0.05, 0.1) is 11.2 Å². The molecule has 6 nitrogen and oxygen atoms in total. The molecule has 0 radical (unpaired) electrons. The number of aromatic nitrogens is 1. The summed E-state index contributed by atoms with van der Waals surface area (Å²) in [5.41, 5.74) is 7.31. The Balaban J connectivity index is 2.34. The summed E-state index contributed by atoms with van der Waals surface area (Å²) in [4.78, 5) is 29.6. The zero-order valence-electron chi connectivity index (χ0n) is 15.7. The van der Waals surface area contributed by atoms with Gasteiger partial charge in [-0.15, -0.1) is 0 Å². The predicted molar refractivity (Wildman–Crippen MR) is 93.1 cm³/mol. The Morgan fingerprint density at radius 3 is 2.38 bits per heavy atom. The number of nitrogens with one attached hydrogen (secondary N) is 1. The molecule has 1 aliphatic rings. The van der Waals surface area contributed by atoms with Crippen LogP contribution in [0.5, 0.6) is 0 Å². The molecule has 0 aliphatic heterocycles. The highest BCUT2D eigenvalue weighted by molar-refractivity contribution is 6.02. The van der Waals surface area contributed by atoms with Crippen LogP contribution in [-0.4, -0.2) is 47.5 Å². The van der Waals surface area contributed by atoms with Crippen LogP contribution in [0.1, 0.15) is 66.2 Å². The van der Waals surface area contributed by atoms with Crippen LogP contribution < -0.4 is 5.73 Å². The van der Waals surface area contributed by atoms with Gasteiger partial charge < -0.3 is 20.4 Å². The first-order valence-electron chi connectivity index (χ1n) is 8.35. The van der Waals surface area contributed by atoms with Crippen molar-refractivity contribution in [3.63, 3.8) is 0 Å². The molecular weight excluding hydrogens is 306 g/mol. The van der Waals surface area contributed by atoms with Gasteiger partial charge in [-0.05, 0) is 32.3 Å². The van der Waals surface area contributed by atoms with Crippen molar-refractivity contribution in [1.29, 1.82) is 0 Å².